The minimum Gasteiger partial charge on any atom is -0.497 e. The van der Waals surface area contributed by atoms with E-state index in [1.807, 2.05) is 6.07 Å². The Morgan fingerprint density at radius 3 is 2.44 bits per heavy atom. The molecule has 4 aromatic rings. The Bertz CT molecular complexity index is 1180. The highest BCUT2D eigenvalue weighted by Crippen LogP contribution is 2.53. The molecular weight excluding hydrogens is 308 g/mol. The summed E-state index contributed by atoms with van der Waals surface area (Å²) in [5, 5.41) is 8.66. The first-order valence-corrected chi connectivity index (χ1v) is 8.79. The summed E-state index contributed by atoms with van der Waals surface area (Å²) in [6.07, 6.45) is 2.06. The van der Waals surface area contributed by atoms with Gasteiger partial charge in [-0.15, -0.1) is 0 Å². The molecule has 25 heavy (non-hydrogen) atoms. The van der Waals surface area contributed by atoms with Gasteiger partial charge >= 0.3 is 0 Å². The molecule has 2 heterocycles. The molecule has 1 aliphatic rings. The molecule has 0 bridgehead atoms. The zero-order valence-corrected chi connectivity index (χ0v) is 15.3. The Labute approximate surface area is 147 Å². The number of aromatic nitrogens is 2. The minimum absolute atomic E-state index is 0.00256. The van der Waals surface area contributed by atoms with Gasteiger partial charge in [-0.3, -0.25) is 0 Å². The van der Waals surface area contributed by atoms with Crippen molar-refractivity contribution in [1.29, 1.82) is 0 Å². The Morgan fingerprint density at radius 2 is 1.68 bits per heavy atom. The molecule has 0 spiro atoms. The Balaban J connectivity index is 2.14. The largest absolute Gasteiger partial charge is 0.497 e. The molecule has 1 aliphatic carbocycles. The van der Waals surface area contributed by atoms with Gasteiger partial charge in [-0.05, 0) is 28.5 Å². The van der Waals surface area contributed by atoms with Crippen LogP contribution in [0.4, 0.5) is 0 Å². The topological polar surface area (TPSA) is 26.5 Å². The van der Waals surface area contributed by atoms with Crippen LogP contribution in [0.15, 0.2) is 42.6 Å². The molecule has 2 aromatic carbocycles. The normalized spacial score (nSPS) is 17.6. The molecule has 126 valence electrons. The summed E-state index contributed by atoms with van der Waals surface area (Å²) < 4.78 is 7.57. The van der Waals surface area contributed by atoms with Crippen molar-refractivity contribution in [3.8, 4) is 5.75 Å². The van der Waals surface area contributed by atoms with Gasteiger partial charge in [0.05, 0.1) is 24.3 Å². The maximum Gasteiger partial charge on any atom is 0.121 e. The second-order valence-electron chi connectivity index (χ2n) is 8.18. The third-order valence-corrected chi connectivity index (χ3v) is 6.70. The predicted octanol–water partition coefficient (Wildman–Crippen LogP) is 5.22. The summed E-state index contributed by atoms with van der Waals surface area (Å²) in [5.74, 6) is 0.859. The molecule has 0 fully saturated rings. The molecule has 0 amide bonds. The molecule has 3 heteroatoms. The standard InChI is InChI=1S/C22H22N2O/c1-21(2)16-8-6-7-15-14-10-9-13(25-5)11-18(14)24-20(19(15)16)17(12-23-24)22(21,3)4/h6-12H,1-5H3. The number of hydrogen-bond acceptors (Lipinski definition) is 2. The highest BCUT2D eigenvalue weighted by atomic mass is 16.5. The van der Waals surface area contributed by atoms with E-state index in [1.54, 1.807) is 7.11 Å². The van der Waals surface area contributed by atoms with Crippen molar-refractivity contribution in [3.05, 3.63) is 53.7 Å². The minimum atomic E-state index is 0.00256. The molecule has 0 saturated carbocycles. The first kappa shape index (κ1) is 14.8. The fourth-order valence-corrected chi connectivity index (χ4v) is 4.50. The molecule has 0 unspecified atom stereocenters. The maximum atomic E-state index is 5.46. The average molecular weight is 330 g/mol. The van der Waals surface area contributed by atoms with Crippen LogP contribution >= 0.6 is 0 Å². The molecule has 2 aromatic heterocycles. The third-order valence-electron chi connectivity index (χ3n) is 6.70. The SMILES string of the molecule is COc1ccc2c3cccc4c3c3c(cnn3c2c1)C(C)(C)C4(C)C. The summed E-state index contributed by atoms with van der Waals surface area (Å²) >= 11 is 0. The van der Waals surface area contributed by atoms with Gasteiger partial charge in [-0.2, -0.15) is 5.10 Å². The molecule has 0 aliphatic heterocycles. The molecule has 0 N–H and O–H groups in total. The highest BCUT2D eigenvalue weighted by molar-refractivity contribution is 6.15. The van der Waals surface area contributed by atoms with Gasteiger partial charge < -0.3 is 4.74 Å². The maximum absolute atomic E-state index is 5.46. The smallest absolute Gasteiger partial charge is 0.121 e. The first-order chi connectivity index (χ1) is 11.9. The number of rotatable bonds is 1. The summed E-state index contributed by atoms with van der Waals surface area (Å²) in [6, 6.07) is 13.0. The van der Waals surface area contributed by atoms with E-state index >= 15 is 0 Å². The number of hydrogen-bond donors (Lipinski definition) is 0. The summed E-state index contributed by atoms with van der Waals surface area (Å²) in [6.45, 7) is 9.38. The van der Waals surface area contributed by atoms with Gasteiger partial charge in [0.25, 0.3) is 0 Å². The van der Waals surface area contributed by atoms with E-state index in [2.05, 4.69) is 68.7 Å². The quantitative estimate of drug-likeness (QED) is 0.447. The van der Waals surface area contributed by atoms with Crippen molar-refractivity contribution in [2.75, 3.05) is 7.11 Å². The number of pyridine rings is 1. The number of ether oxygens (including phenoxy) is 1. The monoisotopic (exact) mass is 330 g/mol. The van der Waals surface area contributed by atoms with Gasteiger partial charge in [0.2, 0.25) is 0 Å². The van der Waals surface area contributed by atoms with Gasteiger partial charge in [0.1, 0.15) is 5.75 Å². The second-order valence-corrected chi connectivity index (χ2v) is 8.18. The lowest BCUT2D eigenvalue weighted by Gasteiger charge is -2.45. The number of nitrogens with zero attached hydrogens (tertiary/aromatic N) is 2. The van der Waals surface area contributed by atoms with Crippen molar-refractivity contribution in [1.82, 2.24) is 9.61 Å². The predicted molar refractivity (Wildman–Crippen MR) is 103 cm³/mol. The van der Waals surface area contributed by atoms with Crippen molar-refractivity contribution in [2.45, 2.75) is 38.5 Å². The molecular formula is C22H22N2O. The summed E-state index contributed by atoms with van der Waals surface area (Å²) in [4.78, 5) is 0. The van der Waals surface area contributed by atoms with Crippen LogP contribution in [0.3, 0.4) is 0 Å². The van der Waals surface area contributed by atoms with Crippen LogP contribution in [0, 0.1) is 0 Å². The lowest BCUT2D eigenvalue weighted by atomic mass is 9.58. The molecule has 0 atom stereocenters. The molecule has 0 radical (unpaired) electrons. The van der Waals surface area contributed by atoms with Crippen LogP contribution in [-0.4, -0.2) is 16.7 Å². The van der Waals surface area contributed by atoms with E-state index < -0.39 is 0 Å². The fraction of sp³-hybridized carbons (Fsp3) is 0.318. The summed E-state index contributed by atoms with van der Waals surface area (Å²) in [7, 11) is 1.71. The van der Waals surface area contributed by atoms with Crippen molar-refractivity contribution in [3.63, 3.8) is 0 Å². The van der Waals surface area contributed by atoms with Gasteiger partial charge in [-0.1, -0.05) is 45.9 Å². The fourth-order valence-electron chi connectivity index (χ4n) is 4.50. The number of benzene rings is 2. The molecule has 0 saturated heterocycles. The Hall–Kier alpha value is -2.55. The van der Waals surface area contributed by atoms with E-state index in [0.29, 0.717) is 0 Å². The van der Waals surface area contributed by atoms with Gasteiger partial charge in [0, 0.05) is 27.8 Å². The van der Waals surface area contributed by atoms with E-state index in [4.69, 9.17) is 9.84 Å². The van der Waals surface area contributed by atoms with E-state index in [9.17, 15) is 0 Å². The average Bonchev–Trinajstić information content (AvgIpc) is 3.06. The van der Waals surface area contributed by atoms with Crippen molar-refractivity contribution in [2.24, 2.45) is 0 Å². The van der Waals surface area contributed by atoms with Crippen molar-refractivity contribution >= 4 is 27.2 Å². The van der Waals surface area contributed by atoms with Crippen molar-refractivity contribution < 1.29 is 4.74 Å². The lowest BCUT2D eigenvalue weighted by molar-refractivity contribution is 0.304. The Kier molecular flexibility index (Phi) is 2.56. The van der Waals surface area contributed by atoms with Crippen LogP contribution < -0.4 is 4.74 Å². The zero-order valence-electron chi connectivity index (χ0n) is 15.3. The van der Waals surface area contributed by atoms with Gasteiger partial charge in [0.15, 0.2) is 0 Å². The zero-order chi connectivity index (χ0) is 17.6. The highest BCUT2D eigenvalue weighted by Gasteiger charge is 2.46. The van der Waals surface area contributed by atoms with Crippen LogP contribution in [0.5, 0.6) is 5.75 Å². The lowest BCUT2D eigenvalue weighted by Crippen LogP contribution is -2.42. The van der Waals surface area contributed by atoms with Gasteiger partial charge in [-0.25, -0.2) is 4.52 Å². The van der Waals surface area contributed by atoms with E-state index in [1.165, 1.54) is 32.8 Å². The van der Waals surface area contributed by atoms with Crippen LogP contribution in [0.25, 0.3) is 27.2 Å². The number of methoxy groups -OCH3 is 1. The van der Waals surface area contributed by atoms with Crippen LogP contribution in [0.1, 0.15) is 38.8 Å². The van der Waals surface area contributed by atoms with E-state index in [-0.39, 0.29) is 10.8 Å². The number of fused-ring (bicyclic) bond motifs is 3. The second kappa shape index (κ2) is 4.34. The summed E-state index contributed by atoms with van der Waals surface area (Å²) in [5.41, 5.74) is 5.11. The third kappa shape index (κ3) is 1.55. The molecule has 3 nitrogen and oxygen atoms in total. The first-order valence-electron chi connectivity index (χ1n) is 8.79. The van der Waals surface area contributed by atoms with Crippen LogP contribution in [-0.2, 0) is 10.8 Å². The molecule has 5 rings (SSSR count). The Morgan fingerprint density at radius 1 is 0.920 bits per heavy atom. The van der Waals surface area contributed by atoms with Crippen LogP contribution in [0.2, 0.25) is 0 Å². The van der Waals surface area contributed by atoms with E-state index in [0.717, 1.165) is 11.3 Å².